The number of benzene rings is 1. The molecular weight excluding hydrogens is 302 g/mol. The highest BCUT2D eigenvalue weighted by atomic mass is 16.3. The average Bonchev–Trinajstić information content (AvgIpc) is 2.52. The predicted molar refractivity (Wildman–Crippen MR) is 96.8 cm³/mol. The maximum Gasteiger partial charge on any atom is 0.315 e. The van der Waals surface area contributed by atoms with Gasteiger partial charge < -0.3 is 20.6 Å². The first kappa shape index (κ1) is 18.7. The van der Waals surface area contributed by atoms with Crippen molar-refractivity contribution in [3.05, 3.63) is 35.9 Å². The van der Waals surface area contributed by atoms with Crippen molar-refractivity contribution < 1.29 is 9.90 Å². The van der Waals surface area contributed by atoms with E-state index in [4.69, 9.17) is 0 Å². The van der Waals surface area contributed by atoms with Crippen LogP contribution in [0, 0.1) is 11.8 Å². The molecule has 134 valence electrons. The summed E-state index contributed by atoms with van der Waals surface area (Å²) in [5.41, 5.74) is 0.904. The number of carbonyl (C=O) groups is 1. The normalized spacial score (nSPS) is 24.2. The van der Waals surface area contributed by atoms with E-state index in [1.54, 1.807) is 0 Å². The quantitative estimate of drug-likeness (QED) is 0.749. The van der Waals surface area contributed by atoms with E-state index in [0.29, 0.717) is 11.8 Å². The maximum atomic E-state index is 12.2. The summed E-state index contributed by atoms with van der Waals surface area (Å²) in [7, 11) is 0. The molecule has 0 spiro atoms. The number of aliphatic hydroxyl groups excluding tert-OH is 1. The first-order valence-electron chi connectivity index (χ1n) is 8.93. The van der Waals surface area contributed by atoms with Crippen LogP contribution >= 0.6 is 0 Å². The molecule has 1 aliphatic rings. The Bertz CT molecular complexity index is 499. The molecule has 0 saturated carbocycles. The van der Waals surface area contributed by atoms with Gasteiger partial charge in [0.05, 0.1) is 12.6 Å². The number of amides is 2. The number of hydrogen-bond acceptors (Lipinski definition) is 3. The lowest BCUT2D eigenvalue weighted by Gasteiger charge is -2.36. The summed E-state index contributed by atoms with van der Waals surface area (Å²) in [6, 6.07) is 8.98. The van der Waals surface area contributed by atoms with Crippen LogP contribution in [0.5, 0.6) is 0 Å². The summed E-state index contributed by atoms with van der Waals surface area (Å²) in [5, 5.41) is 15.4. The van der Waals surface area contributed by atoms with Crippen molar-refractivity contribution in [1.82, 2.24) is 15.5 Å². The molecule has 3 N–H and O–H groups in total. The molecule has 1 fully saturated rings. The Kier molecular flexibility index (Phi) is 7.06. The van der Waals surface area contributed by atoms with Crippen molar-refractivity contribution in [3.63, 3.8) is 0 Å². The fraction of sp³-hybridized carbons (Fsp3) is 0.632. The number of hydrogen-bond donors (Lipinski definition) is 3. The number of nitrogens with zero attached hydrogens (tertiary/aromatic N) is 1. The Morgan fingerprint density at radius 2 is 1.83 bits per heavy atom. The fourth-order valence-electron chi connectivity index (χ4n) is 3.72. The molecule has 0 aromatic heterocycles. The second-order valence-electron chi connectivity index (χ2n) is 7.33. The van der Waals surface area contributed by atoms with Gasteiger partial charge >= 0.3 is 6.03 Å². The standard InChI is InChI=1S/C19H31N3O2/c1-14-9-15(2)11-22(10-14)12-16(3)20-19(24)21-18(13-23)17-7-5-4-6-8-17/h4-8,14-16,18,23H,9-13H2,1-3H3,(H2,20,21,24). The van der Waals surface area contributed by atoms with Crippen LogP contribution in [0.25, 0.3) is 0 Å². The van der Waals surface area contributed by atoms with Gasteiger partial charge in [0, 0.05) is 25.7 Å². The molecule has 1 heterocycles. The van der Waals surface area contributed by atoms with Crippen LogP contribution in [0.15, 0.2) is 30.3 Å². The second kappa shape index (κ2) is 9.04. The average molecular weight is 333 g/mol. The summed E-state index contributed by atoms with van der Waals surface area (Å²) in [6.07, 6.45) is 1.29. The van der Waals surface area contributed by atoms with Crippen LogP contribution in [0.4, 0.5) is 4.79 Å². The van der Waals surface area contributed by atoms with Crippen molar-refractivity contribution in [3.8, 4) is 0 Å². The maximum absolute atomic E-state index is 12.2. The lowest BCUT2D eigenvalue weighted by molar-refractivity contribution is 0.131. The minimum atomic E-state index is -0.381. The highest BCUT2D eigenvalue weighted by Crippen LogP contribution is 2.20. The molecule has 1 saturated heterocycles. The topological polar surface area (TPSA) is 64.6 Å². The molecule has 1 aliphatic heterocycles. The minimum absolute atomic E-state index is 0.0672. The molecule has 5 heteroatoms. The Morgan fingerprint density at radius 1 is 1.21 bits per heavy atom. The Balaban J connectivity index is 1.80. The molecule has 0 radical (unpaired) electrons. The number of rotatable bonds is 6. The van der Waals surface area contributed by atoms with Gasteiger partial charge in [-0.15, -0.1) is 0 Å². The van der Waals surface area contributed by atoms with Crippen molar-refractivity contribution in [2.45, 2.75) is 39.3 Å². The number of piperidine rings is 1. The van der Waals surface area contributed by atoms with Crippen molar-refractivity contribution in [2.24, 2.45) is 11.8 Å². The van der Waals surface area contributed by atoms with Gasteiger partial charge in [-0.25, -0.2) is 4.79 Å². The molecule has 0 aliphatic carbocycles. The van der Waals surface area contributed by atoms with Crippen LogP contribution in [0.2, 0.25) is 0 Å². The molecule has 24 heavy (non-hydrogen) atoms. The van der Waals surface area contributed by atoms with Gasteiger partial charge in [0.15, 0.2) is 0 Å². The van der Waals surface area contributed by atoms with E-state index in [1.807, 2.05) is 37.3 Å². The first-order valence-corrected chi connectivity index (χ1v) is 8.93. The molecule has 2 rings (SSSR count). The Labute approximate surface area is 145 Å². The summed E-state index contributed by atoms with van der Waals surface area (Å²) in [4.78, 5) is 14.6. The predicted octanol–water partition coefficient (Wildman–Crippen LogP) is 2.39. The van der Waals surface area contributed by atoms with E-state index < -0.39 is 0 Å². The molecule has 4 unspecified atom stereocenters. The highest BCUT2D eigenvalue weighted by Gasteiger charge is 2.23. The summed E-state index contributed by atoms with van der Waals surface area (Å²) in [5.74, 6) is 1.43. The van der Waals surface area contributed by atoms with Gasteiger partial charge in [-0.3, -0.25) is 0 Å². The third-order valence-electron chi connectivity index (χ3n) is 4.54. The van der Waals surface area contributed by atoms with Crippen LogP contribution in [0.3, 0.4) is 0 Å². The van der Waals surface area contributed by atoms with Crippen LogP contribution in [-0.2, 0) is 0 Å². The molecule has 4 atom stereocenters. The van der Waals surface area contributed by atoms with Gasteiger partial charge in [0.25, 0.3) is 0 Å². The lowest BCUT2D eigenvalue weighted by Crippen LogP contribution is -2.49. The SMILES string of the molecule is CC1CC(C)CN(CC(C)NC(=O)NC(CO)c2ccccc2)C1. The number of nitrogens with one attached hydrogen (secondary N) is 2. The van der Waals surface area contributed by atoms with E-state index in [1.165, 1.54) is 6.42 Å². The smallest absolute Gasteiger partial charge is 0.315 e. The zero-order valence-corrected chi connectivity index (χ0v) is 15.0. The summed E-state index contributed by atoms with van der Waals surface area (Å²) >= 11 is 0. The Morgan fingerprint density at radius 3 is 2.42 bits per heavy atom. The highest BCUT2D eigenvalue weighted by molar-refractivity contribution is 5.74. The number of urea groups is 1. The fourth-order valence-corrected chi connectivity index (χ4v) is 3.72. The minimum Gasteiger partial charge on any atom is -0.394 e. The van der Waals surface area contributed by atoms with Crippen LogP contribution in [-0.4, -0.2) is 48.3 Å². The number of carbonyl (C=O) groups excluding carboxylic acids is 1. The summed E-state index contributed by atoms with van der Waals surface area (Å²) < 4.78 is 0. The third-order valence-corrected chi connectivity index (χ3v) is 4.54. The van der Waals surface area contributed by atoms with E-state index in [2.05, 4.69) is 29.4 Å². The molecule has 1 aromatic rings. The number of likely N-dealkylation sites (tertiary alicyclic amines) is 1. The van der Waals surface area contributed by atoms with Crippen LogP contribution < -0.4 is 10.6 Å². The molecule has 1 aromatic carbocycles. The zero-order chi connectivity index (χ0) is 17.5. The first-order chi connectivity index (χ1) is 11.5. The van der Waals surface area contributed by atoms with E-state index >= 15 is 0 Å². The third kappa shape index (κ3) is 5.80. The van der Waals surface area contributed by atoms with Crippen LogP contribution in [0.1, 0.15) is 38.8 Å². The molecule has 2 amide bonds. The molecule has 0 bridgehead atoms. The monoisotopic (exact) mass is 333 g/mol. The van der Waals surface area contributed by atoms with Crippen molar-refractivity contribution in [2.75, 3.05) is 26.2 Å². The van der Waals surface area contributed by atoms with Gasteiger partial charge in [-0.2, -0.15) is 0 Å². The van der Waals surface area contributed by atoms with E-state index in [-0.39, 0.29) is 24.7 Å². The lowest BCUT2D eigenvalue weighted by atomic mass is 9.92. The second-order valence-corrected chi connectivity index (χ2v) is 7.33. The number of aliphatic hydroxyl groups is 1. The largest absolute Gasteiger partial charge is 0.394 e. The molecular formula is C19H31N3O2. The van der Waals surface area contributed by atoms with E-state index in [0.717, 1.165) is 25.2 Å². The van der Waals surface area contributed by atoms with E-state index in [9.17, 15) is 9.90 Å². The van der Waals surface area contributed by atoms with Gasteiger partial charge in [-0.1, -0.05) is 44.2 Å². The summed E-state index contributed by atoms with van der Waals surface area (Å²) in [6.45, 7) is 9.55. The van der Waals surface area contributed by atoms with Crippen molar-refractivity contribution in [1.29, 1.82) is 0 Å². The van der Waals surface area contributed by atoms with Gasteiger partial charge in [-0.05, 0) is 30.7 Å². The molecule has 5 nitrogen and oxygen atoms in total. The van der Waals surface area contributed by atoms with Gasteiger partial charge in [0.2, 0.25) is 0 Å². The van der Waals surface area contributed by atoms with Crippen molar-refractivity contribution >= 4 is 6.03 Å². The zero-order valence-electron chi connectivity index (χ0n) is 15.0. The Hall–Kier alpha value is -1.59. The van der Waals surface area contributed by atoms with Gasteiger partial charge in [0.1, 0.15) is 0 Å².